The molecule has 0 aromatic rings. The predicted octanol–water partition coefficient (Wildman–Crippen LogP) is 11.7. The molecule has 40 heavy (non-hydrogen) atoms. The van der Waals surface area contributed by atoms with Gasteiger partial charge in [0.2, 0.25) is 5.91 Å². The van der Waals surface area contributed by atoms with Crippen LogP contribution >= 0.6 is 0 Å². The van der Waals surface area contributed by atoms with Gasteiger partial charge in [0.1, 0.15) is 0 Å². The van der Waals surface area contributed by atoms with E-state index in [9.17, 15) is 9.90 Å². The number of carbonyl (C=O) groups excluding carboxylic acids is 1. The van der Waals surface area contributed by atoms with Crippen molar-refractivity contribution < 1.29 is 9.90 Å². The number of allylic oxidation sites excluding steroid dienone is 2. The lowest BCUT2D eigenvalue weighted by Crippen LogP contribution is -2.37. The number of aliphatic hydroxyl groups excluding tert-OH is 1. The molecule has 238 valence electrons. The molecule has 0 aliphatic carbocycles. The van der Waals surface area contributed by atoms with E-state index in [-0.39, 0.29) is 5.91 Å². The Bertz CT molecular complexity index is 530. The monoisotopic (exact) mass is 564 g/mol. The van der Waals surface area contributed by atoms with Crippen LogP contribution < -0.4 is 0 Å². The van der Waals surface area contributed by atoms with Crippen LogP contribution in [0.4, 0.5) is 0 Å². The highest BCUT2D eigenvalue weighted by Gasteiger charge is 2.14. The minimum atomic E-state index is -0.440. The first-order valence-electron chi connectivity index (χ1n) is 18.2. The zero-order chi connectivity index (χ0) is 29.4. The van der Waals surface area contributed by atoms with Gasteiger partial charge in [-0.2, -0.15) is 0 Å². The largest absolute Gasteiger partial charge is 0.392 e. The molecule has 0 aliphatic heterocycles. The second-order valence-corrected chi connectivity index (χ2v) is 12.6. The van der Waals surface area contributed by atoms with Gasteiger partial charge in [0.15, 0.2) is 0 Å². The second-order valence-electron chi connectivity index (χ2n) is 12.6. The number of rotatable bonds is 32. The quantitative estimate of drug-likeness (QED) is 0.0653. The lowest BCUT2D eigenvalue weighted by atomic mass is 10.0. The maximum Gasteiger partial charge on any atom is 0.222 e. The lowest BCUT2D eigenvalue weighted by molar-refractivity contribution is -0.132. The Morgan fingerprint density at radius 3 is 1.30 bits per heavy atom. The summed E-state index contributed by atoms with van der Waals surface area (Å²) in [6.07, 6.45) is 40.5. The van der Waals surface area contributed by atoms with Crippen molar-refractivity contribution in [3.63, 3.8) is 0 Å². The van der Waals surface area contributed by atoms with Crippen LogP contribution in [0.25, 0.3) is 0 Å². The fourth-order valence-corrected chi connectivity index (χ4v) is 5.64. The topological polar surface area (TPSA) is 40.5 Å². The van der Waals surface area contributed by atoms with Gasteiger partial charge in [0.25, 0.3) is 0 Å². The number of amides is 1. The average molecular weight is 564 g/mol. The molecule has 1 unspecified atom stereocenters. The average Bonchev–Trinajstić information content (AvgIpc) is 2.94. The molecule has 3 heteroatoms. The van der Waals surface area contributed by atoms with Crippen LogP contribution in [0.1, 0.15) is 201 Å². The van der Waals surface area contributed by atoms with Crippen molar-refractivity contribution in [2.24, 2.45) is 0 Å². The fourth-order valence-electron chi connectivity index (χ4n) is 5.64. The van der Waals surface area contributed by atoms with Crippen molar-refractivity contribution in [1.82, 2.24) is 4.90 Å². The molecule has 0 fully saturated rings. The van der Waals surface area contributed by atoms with Gasteiger partial charge < -0.3 is 10.0 Å². The molecular weight excluding hydrogens is 490 g/mol. The number of carbonyl (C=O) groups is 1. The Morgan fingerprint density at radius 1 is 0.550 bits per heavy atom. The van der Waals surface area contributed by atoms with E-state index in [0.29, 0.717) is 13.0 Å². The first-order chi connectivity index (χ1) is 19.6. The Kier molecular flexibility index (Phi) is 32.0. The van der Waals surface area contributed by atoms with Gasteiger partial charge in [-0.1, -0.05) is 161 Å². The van der Waals surface area contributed by atoms with E-state index >= 15 is 0 Å². The van der Waals surface area contributed by atoms with Crippen molar-refractivity contribution in [3.05, 3.63) is 12.2 Å². The summed E-state index contributed by atoms with van der Waals surface area (Å²) in [4.78, 5) is 14.7. The number of unbranched alkanes of at least 4 members (excludes halogenated alkanes) is 24. The van der Waals surface area contributed by atoms with Gasteiger partial charge in [-0.3, -0.25) is 4.79 Å². The highest BCUT2D eigenvalue weighted by molar-refractivity contribution is 5.76. The van der Waals surface area contributed by atoms with Gasteiger partial charge >= 0.3 is 0 Å². The number of aliphatic hydroxyl groups is 1. The minimum absolute atomic E-state index is 0.247. The fraction of sp³-hybridized carbons (Fsp3) is 0.919. The molecule has 1 amide bonds. The smallest absolute Gasteiger partial charge is 0.222 e. The van der Waals surface area contributed by atoms with E-state index in [0.717, 1.165) is 19.4 Å². The van der Waals surface area contributed by atoms with E-state index in [1.165, 1.54) is 161 Å². The standard InChI is InChI=1S/C37H73NO2/c1-4-6-8-10-12-14-16-18-19-20-22-24-26-28-30-32-34-38(35-36(3)39)37(40)33-31-29-27-25-23-21-17-15-13-11-9-7-5-2/h18-19,36,39H,4-17,20-35H2,1-3H3/b19-18-. The van der Waals surface area contributed by atoms with Crippen molar-refractivity contribution >= 4 is 5.91 Å². The third-order valence-electron chi connectivity index (χ3n) is 8.27. The summed E-state index contributed by atoms with van der Waals surface area (Å²) >= 11 is 0. The van der Waals surface area contributed by atoms with Gasteiger partial charge in [-0.05, 0) is 45.4 Å². The summed E-state index contributed by atoms with van der Waals surface area (Å²) in [6, 6.07) is 0. The van der Waals surface area contributed by atoms with E-state index in [1.54, 1.807) is 6.92 Å². The third-order valence-corrected chi connectivity index (χ3v) is 8.27. The SMILES string of the molecule is CCCCCCCC/C=C\CCCCCCCCN(CC(C)O)C(=O)CCCCCCCCCCCCCCC. The molecule has 0 aliphatic rings. The van der Waals surface area contributed by atoms with Crippen LogP contribution in [-0.4, -0.2) is 35.1 Å². The number of nitrogens with zero attached hydrogens (tertiary/aromatic N) is 1. The first-order valence-corrected chi connectivity index (χ1v) is 18.2. The summed E-state index contributed by atoms with van der Waals surface area (Å²) in [7, 11) is 0. The summed E-state index contributed by atoms with van der Waals surface area (Å²) in [5, 5.41) is 9.89. The maximum absolute atomic E-state index is 12.8. The Morgan fingerprint density at radius 2 is 0.900 bits per heavy atom. The molecule has 0 aromatic carbocycles. The normalized spacial score (nSPS) is 12.4. The van der Waals surface area contributed by atoms with Crippen molar-refractivity contribution in [1.29, 1.82) is 0 Å². The van der Waals surface area contributed by atoms with E-state index in [4.69, 9.17) is 0 Å². The van der Waals surface area contributed by atoms with E-state index in [1.807, 2.05) is 4.90 Å². The minimum Gasteiger partial charge on any atom is -0.392 e. The molecule has 0 rings (SSSR count). The molecule has 0 saturated heterocycles. The highest BCUT2D eigenvalue weighted by Crippen LogP contribution is 2.14. The molecule has 0 saturated carbocycles. The molecule has 0 spiro atoms. The van der Waals surface area contributed by atoms with Gasteiger partial charge in [0.05, 0.1) is 6.10 Å². The summed E-state index contributed by atoms with van der Waals surface area (Å²) in [5.41, 5.74) is 0. The van der Waals surface area contributed by atoms with Crippen molar-refractivity contribution in [2.75, 3.05) is 13.1 Å². The van der Waals surface area contributed by atoms with Crippen molar-refractivity contribution in [3.8, 4) is 0 Å². The van der Waals surface area contributed by atoms with Crippen LogP contribution in [0.2, 0.25) is 0 Å². The molecule has 0 aromatic heterocycles. The van der Waals surface area contributed by atoms with Gasteiger partial charge in [0, 0.05) is 19.5 Å². The predicted molar refractivity (Wildman–Crippen MR) is 178 cm³/mol. The van der Waals surface area contributed by atoms with E-state index < -0.39 is 6.10 Å². The molecule has 1 atom stereocenters. The van der Waals surface area contributed by atoms with Crippen LogP contribution in [-0.2, 0) is 4.79 Å². The molecule has 0 heterocycles. The molecule has 0 bridgehead atoms. The Hall–Kier alpha value is -0.830. The van der Waals surface area contributed by atoms with Crippen LogP contribution in [0.5, 0.6) is 0 Å². The molecule has 0 radical (unpaired) electrons. The first kappa shape index (κ1) is 39.2. The summed E-state index contributed by atoms with van der Waals surface area (Å²) in [6.45, 7) is 7.65. The number of hydrogen-bond acceptors (Lipinski definition) is 2. The van der Waals surface area contributed by atoms with Crippen LogP contribution in [0, 0.1) is 0 Å². The summed E-state index contributed by atoms with van der Waals surface area (Å²) in [5.74, 6) is 0.247. The number of hydrogen-bond donors (Lipinski definition) is 1. The highest BCUT2D eigenvalue weighted by atomic mass is 16.3. The van der Waals surface area contributed by atoms with Crippen LogP contribution in [0.3, 0.4) is 0 Å². The Balaban J connectivity index is 3.67. The van der Waals surface area contributed by atoms with Gasteiger partial charge in [-0.25, -0.2) is 0 Å². The zero-order valence-corrected chi connectivity index (χ0v) is 27.7. The van der Waals surface area contributed by atoms with Gasteiger partial charge in [-0.15, -0.1) is 0 Å². The molecule has 1 N–H and O–H groups in total. The summed E-state index contributed by atoms with van der Waals surface area (Å²) < 4.78 is 0. The Labute approximate surface area is 252 Å². The molecule has 3 nitrogen and oxygen atoms in total. The maximum atomic E-state index is 12.8. The zero-order valence-electron chi connectivity index (χ0n) is 27.7. The van der Waals surface area contributed by atoms with Crippen molar-refractivity contribution in [2.45, 2.75) is 207 Å². The second kappa shape index (κ2) is 32.7. The van der Waals surface area contributed by atoms with E-state index in [2.05, 4.69) is 26.0 Å². The third kappa shape index (κ3) is 30.1. The van der Waals surface area contributed by atoms with Crippen LogP contribution in [0.15, 0.2) is 12.2 Å². The lowest BCUT2D eigenvalue weighted by Gasteiger charge is -2.24. The molecular formula is C37H73NO2.